The van der Waals surface area contributed by atoms with Crippen LogP contribution in [0.15, 0.2) is 65.6 Å². The average molecular weight is 501 g/mol. The van der Waals surface area contributed by atoms with E-state index in [4.69, 9.17) is 11.6 Å². The van der Waals surface area contributed by atoms with Crippen molar-refractivity contribution >= 4 is 35.2 Å². The second kappa shape index (κ2) is 11.4. The van der Waals surface area contributed by atoms with Crippen molar-refractivity contribution in [2.75, 3.05) is 13.1 Å². The molecule has 2 unspecified atom stereocenters. The molecular weight excluding hydrogens is 472 g/mol. The smallest absolute Gasteiger partial charge is 0.255 e. The largest absolute Gasteiger partial charge is 0.380 e. The molecule has 1 saturated heterocycles. The molecule has 0 saturated carbocycles. The maximum atomic E-state index is 12.9. The van der Waals surface area contributed by atoms with Gasteiger partial charge in [-0.3, -0.25) is 9.59 Å². The van der Waals surface area contributed by atoms with Crippen LogP contribution in [-0.4, -0.2) is 57.5 Å². The second-order valence-corrected chi connectivity index (χ2v) is 10.6. The standard InChI is InChI=1S/C26H29ClN2O4S/c27-19-9-4-8-18(15-19)22-10-5-13-29(22)26(33)24(31)23(30)25(32)28-16-21-12-11-20(34-21)14-17-6-2-1-3-7-17/h1-4,6-9,11,15,21-24,30-31H,5,10,12-14,16H2,(H,28,32)/t21?,22?,23-,24-/m1/s1. The highest BCUT2D eigenvalue weighted by molar-refractivity contribution is 8.03. The first-order valence-electron chi connectivity index (χ1n) is 11.5. The predicted octanol–water partition coefficient (Wildman–Crippen LogP) is 3.47. The number of aliphatic hydroxyl groups is 2. The number of likely N-dealkylation sites (tertiary alicyclic amines) is 1. The topological polar surface area (TPSA) is 89.9 Å². The summed E-state index contributed by atoms with van der Waals surface area (Å²) >= 11 is 7.80. The summed E-state index contributed by atoms with van der Waals surface area (Å²) in [6, 6.07) is 17.2. The van der Waals surface area contributed by atoms with E-state index in [1.165, 1.54) is 15.4 Å². The molecule has 2 aliphatic rings. The number of carbonyl (C=O) groups is 2. The third-order valence-electron chi connectivity index (χ3n) is 6.24. The van der Waals surface area contributed by atoms with Gasteiger partial charge >= 0.3 is 0 Å². The maximum Gasteiger partial charge on any atom is 0.255 e. The van der Waals surface area contributed by atoms with Crippen molar-refractivity contribution < 1.29 is 19.8 Å². The van der Waals surface area contributed by atoms with Gasteiger partial charge in [0.05, 0.1) is 6.04 Å². The van der Waals surface area contributed by atoms with E-state index in [0.717, 1.165) is 31.2 Å². The molecule has 0 aliphatic carbocycles. The number of halogens is 1. The van der Waals surface area contributed by atoms with Crippen LogP contribution in [0.5, 0.6) is 0 Å². The van der Waals surface area contributed by atoms with Crippen LogP contribution in [0.4, 0.5) is 0 Å². The molecule has 2 aliphatic heterocycles. The Morgan fingerprint density at radius 1 is 1.12 bits per heavy atom. The third kappa shape index (κ3) is 6.02. The molecule has 2 aromatic carbocycles. The SMILES string of the molecule is O=C(NCC1CC=C(Cc2ccccc2)S1)[C@H](O)[C@@H](O)C(=O)N1CCCC1c1cccc(Cl)c1. The lowest BCUT2D eigenvalue weighted by molar-refractivity contribution is -0.153. The Morgan fingerprint density at radius 3 is 2.68 bits per heavy atom. The van der Waals surface area contributed by atoms with Crippen LogP contribution < -0.4 is 5.32 Å². The zero-order chi connectivity index (χ0) is 24.1. The maximum absolute atomic E-state index is 12.9. The molecule has 2 heterocycles. The molecule has 2 amide bonds. The average Bonchev–Trinajstić information content (AvgIpc) is 3.51. The Bertz CT molecular complexity index is 1050. The number of nitrogens with one attached hydrogen (secondary N) is 1. The number of allylic oxidation sites excluding steroid dienone is 2. The zero-order valence-electron chi connectivity index (χ0n) is 18.8. The predicted molar refractivity (Wildman–Crippen MR) is 134 cm³/mol. The fourth-order valence-electron chi connectivity index (χ4n) is 4.47. The molecule has 0 spiro atoms. The lowest BCUT2D eigenvalue weighted by Gasteiger charge is -2.28. The van der Waals surface area contributed by atoms with Crippen molar-refractivity contribution in [3.63, 3.8) is 0 Å². The molecule has 0 bridgehead atoms. The minimum absolute atomic E-state index is 0.161. The van der Waals surface area contributed by atoms with Crippen LogP contribution in [0.2, 0.25) is 5.02 Å². The highest BCUT2D eigenvalue weighted by atomic mass is 35.5. The molecule has 4 atom stereocenters. The first-order chi connectivity index (χ1) is 16.4. The molecule has 4 rings (SSSR count). The van der Waals surface area contributed by atoms with Crippen LogP contribution >= 0.6 is 23.4 Å². The van der Waals surface area contributed by atoms with Crippen molar-refractivity contribution in [1.82, 2.24) is 10.2 Å². The number of hydrogen-bond acceptors (Lipinski definition) is 5. The number of rotatable bonds is 8. The van der Waals surface area contributed by atoms with E-state index in [-0.39, 0.29) is 11.3 Å². The minimum atomic E-state index is -1.82. The Balaban J connectivity index is 1.26. The van der Waals surface area contributed by atoms with Crippen molar-refractivity contribution in [3.8, 4) is 0 Å². The van der Waals surface area contributed by atoms with Gasteiger partial charge in [0.1, 0.15) is 0 Å². The zero-order valence-corrected chi connectivity index (χ0v) is 20.3. The van der Waals surface area contributed by atoms with Crippen molar-refractivity contribution in [2.24, 2.45) is 0 Å². The van der Waals surface area contributed by atoms with Crippen LogP contribution in [0.1, 0.15) is 36.4 Å². The first kappa shape index (κ1) is 24.8. The molecule has 0 aromatic heterocycles. The summed E-state index contributed by atoms with van der Waals surface area (Å²) in [5.74, 6) is -1.39. The molecule has 180 valence electrons. The Labute approximate surface area is 209 Å². The first-order valence-corrected chi connectivity index (χ1v) is 12.8. The Hall–Kier alpha value is -2.32. The molecule has 1 fully saturated rings. The molecule has 6 nitrogen and oxygen atoms in total. The van der Waals surface area contributed by atoms with E-state index in [1.807, 2.05) is 30.3 Å². The summed E-state index contributed by atoms with van der Waals surface area (Å²) in [6.07, 6.45) is 1.72. The molecule has 8 heteroatoms. The van der Waals surface area contributed by atoms with Crippen molar-refractivity contribution in [2.45, 2.75) is 49.2 Å². The summed E-state index contributed by atoms with van der Waals surface area (Å²) in [7, 11) is 0. The number of nitrogens with zero attached hydrogens (tertiary/aromatic N) is 1. The van der Waals surface area contributed by atoms with E-state index in [9.17, 15) is 19.8 Å². The van der Waals surface area contributed by atoms with E-state index < -0.39 is 24.0 Å². The molecule has 34 heavy (non-hydrogen) atoms. The molecule has 3 N–H and O–H groups in total. The van der Waals surface area contributed by atoms with Gasteiger partial charge in [-0.25, -0.2) is 0 Å². The lowest BCUT2D eigenvalue weighted by atomic mass is 10.0. The fraction of sp³-hybridized carbons (Fsp3) is 0.385. The van der Waals surface area contributed by atoms with Gasteiger partial charge in [-0.15, -0.1) is 11.8 Å². The van der Waals surface area contributed by atoms with Crippen molar-refractivity contribution in [3.05, 3.63) is 81.7 Å². The highest BCUT2D eigenvalue weighted by Crippen LogP contribution is 2.35. The number of amides is 2. The van der Waals surface area contributed by atoms with E-state index >= 15 is 0 Å². The van der Waals surface area contributed by atoms with Gasteiger partial charge in [0.2, 0.25) is 0 Å². The van der Waals surface area contributed by atoms with Crippen LogP contribution in [0, 0.1) is 0 Å². The lowest BCUT2D eigenvalue weighted by Crippen LogP contribution is -2.51. The molecule has 2 aromatic rings. The number of hydrogen-bond donors (Lipinski definition) is 3. The summed E-state index contributed by atoms with van der Waals surface area (Å²) < 4.78 is 0. The van der Waals surface area contributed by atoms with Crippen LogP contribution in [0.3, 0.4) is 0 Å². The monoisotopic (exact) mass is 500 g/mol. The Kier molecular flexibility index (Phi) is 8.32. The number of aliphatic hydroxyl groups excluding tert-OH is 2. The Morgan fingerprint density at radius 2 is 1.91 bits per heavy atom. The van der Waals surface area contributed by atoms with E-state index in [2.05, 4.69) is 23.5 Å². The molecular formula is C26H29ClN2O4S. The van der Waals surface area contributed by atoms with Gasteiger partial charge in [0, 0.05) is 29.8 Å². The number of benzene rings is 2. The number of carbonyl (C=O) groups excluding carboxylic acids is 2. The summed E-state index contributed by atoms with van der Waals surface area (Å²) in [4.78, 5) is 28.2. The molecule has 0 radical (unpaired) electrons. The van der Waals surface area contributed by atoms with Gasteiger partial charge < -0.3 is 20.4 Å². The van der Waals surface area contributed by atoms with E-state index in [0.29, 0.717) is 18.1 Å². The van der Waals surface area contributed by atoms with Gasteiger partial charge in [0.15, 0.2) is 12.2 Å². The number of thioether (sulfide) groups is 1. The second-order valence-electron chi connectivity index (χ2n) is 8.69. The highest BCUT2D eigenvalue weighted by Gasteiger charge is 2.38. The van der Waals surface area contributed by atoms with Gasteiger partial charge in [-0.05, 0) is 47.4 Å². The fourth-order valence-corrected chi connectivity index (χ4v) is 5.90. The normalized spacial score (nSPS) is 21.7. The van der Waals surface area contributed by atoms with Crippen molar-refractivity contribution in [1.29, 1.82) is 0 Å². The van der Waals surface area contributed by atoms with Gasteiger partial charge in [-0.2, -0.15) is 0 Å². The van der Waals surface area contributed by atoms with E-state index in [1.54, 1.807) is 23.9 Å². The minimum Gasteiger partial charge on any atom is -0.380 e. The van der Waals surface area contributed by atoms with Crippen LogP contribution in [-0.2, 0) is 16.0 Å². The summed E-state index contributed by atoms with van der Waals surface area (Å²) in [5, 5.41) is 24.3. The summed E-state index contributed by atoms with van der Waals surface area (Å²) in [6.45, 7) is 0.807. The van der Waals surface area contributed by atoms with Crippen LogP contribution in [0.25, 0.3) is 0 Å². The van der Waals surface area contributed by atoms with Gasteiger partial charge in [0.25, 0.3) is 11.8 Å². The quantitative estimate of drug-likeness (QED) is 0.516. The summed E-state index contributed by atoms with van der Waals surface area (Å²) in [5.41, 5.74) is 2.11. The van der Waals surface area contributed by atoms with Gasteiger partial charge in [-0.1, -0.05) is 60.1 Å². The third-order valence-corrected chi connectivity index (χ3v) is 7.78.